The second-order valence-corrected chi connectivity index (χ2v) is 9.80. The summed E-state index contributed by atoms with van der Waals surface area (Å²) in [6.45, 7) is 7.31. The summed E-state index contributed by atoms with van der Waals surface area (Å²) in [7, 11) is 0. The van der Waals surface area contributed by atoms with Gasteiger partial charge in [0.25, 0.3) is 0 Å². The first-order valence-electron chi connectivity index (χ1n) is 11.9. The highest BCUT2D eigenvalue weighted by Gasteiger charge is 2.35. The van der Waals surface area contributed by atoms with E-state index >= 15 is 0 Å². The molecule has 7 heteroatoms. The van der Waals surface area contributed by atoms with Gasteiger partial charge in [-0.1, -0.05) is 0 Å². The van der Waals surface area contributed by atoms with Gasteiger partial charge in [0.1, 0.15) is 11.5 Å². The number of nitrogen functional groups attached to an aromatic ring is 2. The van der Waals surface area contributed by atoms with Crippen LogP contribution < -0.4 is 16.2 Å². The number of epoxide rings is 4. The van der Waals surface area contributed by atoms with E-state index in [9.17, 15) is 0 Å². The summed E-state index contributed by atoms with van der Waals surface area (Å²) in [4.78, 5) is 0. The predicted molar refractivity (Wildman–Crippen MR) is 125 cm³/mol. The van der Waals surface area contributed by atoms with Crippen LogP contribution in [0, 0.1) is 13.8 Å². The minimum absolute atomic E-state index is 0.198. The van der Waals surface area contributed by atoms with Gasteiger partial charge >= 0.3 is 0 Å². The molecule has 4 fully saturated rings. The van der Waals surface area contributed by atoms with Crippen LogP contribution in [0.1, 0.15) is 33.4 Å². The van der Waals surface area contributed by atoms with Gasteiger partial charge in [0.15, 0.2) is 0 Å². The van der Waals surface area contributed by atoms with Gasteiger partial charge in [0, 0.05) is 53.7 Å². The molecular formula is C26H32N2O5. The van der Waals surface area contributed by atoms with E-state index < -0.39 is 0 Å². The Labute approximate surface area is 194 Å². The highest BCUT2D eigenvalue weighted by molar-refractivity contribution is 5.68. The molecule has 0 aromatic heterocycles. The third-order valence-corrected chi connectivity index (χ3v) is 7.24. The minimum atomic E-state index is 0.198. The Morgan fingerprint density at radius 3 is 1.73 bits per heavy atom. The first-order valence-corrected chi connectivity index (χ1v) is 11.9. The molecule has 6 rings (SSSR count). The summed E-state index contributed by atoms with van der Waals surface area (Å²) in [6, 6.07) is 3.90. The summed E-state index contributed by atoms with van der Waals surface area (Å²) in [6.07, 6.45) is 4.11. The Morgan fingerprint density at radius 2 is 1.18 bits per heavy atom. The van der Waals surface area contributed by atoms with Crippen molar-refractivity contribution >= 4 is 11.4 Å². The average molecular weight is 453 g/mol. The Balaban J connectivity index is 1.47. The van der Waals surface area contributed by atoms with Gasteiger partial charge in [-0.05, 0) is 42.7 Å². The third-order valence-electron chi connectivity index (χ3n) is 7.24. The van der Waals surface area contributed by atoms with E-state index in [1.165, 1.54) is 11.1 Å². The summed E-state index contributed by atoms with van der Waals surface area (Å²) >= 11 is 0. The molecule has 2 aromatic rings. The smallest absolute Gasteiger partial charge is 0.136 e. The van der Waals surface area contributed by atoms with E-state index in [1.54, 1.807) is 0 Å². The zero-order chi connectivity index (χ0) is 22.7. The first kappa shape index (κ1) is 21.2. The largest absolute Gasteiger partial charge is 0.456 e. The molecule has 4 aliphatic rings. The van der Waals surface area contributed by atoms with Crippen molar-refractivity contribution in [3.8, 4) is 11.5 Å². The Morgan fingerprint density at radius 1 is 0.697 bits per heavy atom. The van der Waals surface area contributed by atoms with Crippen LogP contribution in [0.4, 0.5) is 11.4 Å². The summed E-state index contributed by atoms with van der Waals surface area (Å²) in [5.41, 5.74) is 21.3. The van der Waals surface area contributed by atoms with E-state index in [2.05, 4.69) is 13.8 Å². The van der Waals surface area contributed by atoms with Gasteiger partial charge in [0.2, 0.25) is 0 Å². The second kappa shape index (κ2) is 8.17. The lowest BCUT2D eigenvalue weighted by Gasteiger charge is -2.25. The molecule has 4 heterocycles. The molecule has 4 atom stereocenters. The highest BCUT2D eigenvalue weighted by Crippen LogP contribution is 2.44. The van der Waals surface area contributed by atoms with Gasteiger partial charge in [-0.2, -0.15) is 0 Å². The number of hydrogen-bond acceptors (Lipinski definition) is 7. The lowest BCUT2D eigenvalue weighted by Crippen LogP contribution is -2.14. The summed E-state index contributed by atoms with van der Waals surface area (Å²) in [5, 5.41) is 0. The molecule has 4 unspecified atom stereocenters. The number of anilines is 2. The van der Waals surface area contributed by atoms with Gasteiger partial charge in [-0.3, -0.25) is 0 Å². The molecule has 4 N–H and O–H groups in total. The van der Waals surface area contributed by atoms with Crippen LogP contribution in [0.2, 0.25) is 0 Å². The maximum atomic E-state index is 6.83. The van der Waals surface area contributed by atoms with E-state index in [0.717, 1.165) is 97.2 Å². The van der Waals surface area contributed by atoms with E-state index in [4.69, 9.17) is 35.2 Å². The fraction of sp³-hybridized carbons (Fsp3) is 0.538. The predicted octanol–water partition coefficient (Wildman–Crippen LogP) is 3.03. The minimum Gasteiger partial charge on any atom is -0.456 e. The molecule has 4 aliphatic heterocycles. The number of benzene rings is 2. The number of ether oxygens (including phenoxy) is 5. The van der Waals surface area contributed by atoms with Gasteiger partial charge in [-0.15, -0.1) is 0 Å². The SMILES string of the molecule is Cc1c(N)ccc(Oc2c(CC3CO3)c(N)c(C)c(CC3CO3)c2CC2CO2)c1CC1CO1. The average Bonchev–Trinajstić information content (AvgIpc) is 3.62. The maximum Gasteiger partial charge on any atom is 0.136 e. The lowest BCUT2D eigenvalue weighted by atomic mass is 9.88. The third kappa shape index (κ3) is 4.55. The molecule has 0 saturated carbocycles. The Kier molecular flexibility index (Phi) is 5.25. The van der Waals surface area contributed by atoms with Crippen LogP contribution in [0.3, 0.4) is 0 Å². The van der Waals surface area contributed by atoms with Gasteiger partial charge < -0.3 is 35.2 Å². The van der Waals surface area contributed by atoms with Crippen molar-refractivity contribution in [2.24, 2.45) is 0 Å². The van der Waals surface area contributed by atoms with Crippen molar-refractivity contribution in [3.63, 3.8) is 0 Å². The van der Waals surface area contributed by atoms with Crippen LogP contribution in [0.15, 0.2) is 12.1 Å². The van der Waals surface area contributed by atoms with Gasteiger partial charge in [0.05, 0.1) is 50.8 Å². The summed E-state index contributed by atoms with van der Waals surface area (Å²) in [5.74, 6) is 1.69. The van der Waals surface area contributed by atoms with Crippen LogP contribution in [-0.2, 0) is 44.6 Å². The van der Waals surface area contributed by atoms with E-state index in [1.807, 2.05) is 12.1 Å². The van der Waals surface area contributed by atoms with Crippen molar-refractivity contribution in [1.82, 2.24) is 0 Å². The van der Waals surface area contributed by atoms with Gasteiger partial charge in [-0.25, -0.2) is 0 Å². The maximum absolute atomic E-state index is 6.83. The summed E-state index contributed by atoms with van der Waals surface area (Å²) < 4.78 is 29.2. The molecule has 4 saturated heterocycles. The molecule has 176 valence electrons. The first-order chi connectivity index (χ1) is 16.0. The molecule has 0 amide bonds. The molecule has 0 spiro atoms. The number of hydrogen-bond donors (Lipinski definition) is 2. The van der Waals surface area contributed by atoms with E-state index in [0.29, 0.717) is 0 Å². The molecule has 0 aliphatic carbocycles. The van der Waals surface area contributed by atoms with Crippen molar-refractivity contribution in [2.75, 3.05) is 37.9 Å². The zero-order valence-corrected chi connectivity index (χ0v) is 19.3. The standard InChI is InChI=1S/C26H32N2O5/c1-13-20(6-16-10-30-16)24(4-3-23(13)27)33-26-21(7-17-11-31-17)19(5-15-9-29-15)14(2)25(28)22(26)8-18-12-32-18/h3-4,15-18H,5-12,27-28H2,1-2H3. The molecule has 7 nitrogen and oxygen atoms in total. The monoisotopic (exact) mass is 452 g/mol. The topological polar surface area (TPSA) is 111 Å². The lowest BCUT2D eigenvalue weighted by molar-refractivity contribution is 0.390. The molecular weight excluding hydrogens is 420 g/mol. The molecule has 0 bridgehead atoms. The highest BCUT2D eigenvalue weighted by atomic mass is 16.6. The normalized spacial score (nSPS) is 26.8. The van der Waals surface area contributed by atoms with Crippen molar-refractivity contribution in [2.45, 2.75) is 63.9 Å². The van der Waals surface area contributed by atoms with Crippen molar-refractivity contribution in [1.29, 1.82) is 0 Å². The van der Waals surface area contributed by atoms with Crippen LogP contribution in [0.25, 0.3) is 0 Å². The molecule has 0 radical (unpaired) electrons. The Bertz CT molecular complexity index is 1090. The Hall–Kier alpha value is -2.32. The van der Waals surface area contributed by atoms with Crippen LogP contribution in [0.5, 0.6) is 11.5 Å². The molecule has 2 aromatic carbocycles. The van der Waals surface area contributed by atoms with E-state index in [-0.39, 0.29) is 24.4 Å². The fourth-order valence-corrected chi connectivity index (χ4v) is 4.74. The number of nitrogens with two attached hydrogens (primary N) is 2. The quantitative estimate of drug-likeness (QED) is 0.421. The zero-order valence-electron chi connectivity index (χ0n) is 19.3. The van der Waals surface area contributed by atoms with Crippen LogP contribution in [-0.4, -0.2) is 50.8 Å². The fourth-order valence-electron chi connectivity index (χ4n) is 4.74. The second-order valence-electron chi connectivity index (χ2n) is 9.80. The van der Waals surface area contributed by atoms with Crippen molar-refractivity contribution < 1.29 is 23.7 Å². The van der Waals surface area contributed by atoms with Crippen LogP contribution >= 0.6 is 0 Å². The molecule has 33 heavy (non-hydrogen) atoms. The van der Waals surface area contributed by atoms with Crippen molar-refractivity contribution in [3.05, 3.63) is 45.5 Å². The number of rotatable bonds is 10.